The fourth-order valence-corrected chi connectivity index (χ4v) is 5.73. The van der Waals surface area contributed by atoms with Gasteiger partial charge < -0.3 is 20.3 Å². The second-order valence-electron chi connectivity index (χ2n) is 7.75. The monoisotopic (exact) mass is 490 g/mol. The molecule has 7 nitrogen and oxygen atoms in total. The van der Waals surface area contributed by atoms with Crippen LogP contribution in [0.4, 0.5) is 0 Å². The first-order chi connectivity index (χ1) is 15.3. The summed E-state index contributed by atoms with van der Waals surface area (Å²) in [5.74, 6) is -0.758. The lowest BCUT2D eigenvalue weighted by molar-refractivity contribution is -0.141. The molecule has 3 aromatic rings. The van der Waals surface area contributed by atoms with Crippen LogP contribution in [0.3, 0.4) is 0 Å². The molecule has 1 aromatic carbocycles. The van der Waals surface area contributed by atoms with Crippen LogP contribution in [0.5, 0.6) is 0 Å². The Hall–Kier alpha value is -2.57. The molecule has 2 heterocycles. The summed E-state index contributed by atoms with van der Waals surface area (Å²) < 4.78 is 1.38. The van der Waals surface area contributed by atoms with Crippen molar-refractivity contribution in [2.45, 2.75) is 37.5 Å². The average molecular weight is 491 g/mol. The number of likely N-dealkylation sites (N-methyl/N-ethyl adjacent to an activating group) is 1. The minimum Gasteiger partial charge on any atom is -0.382 e. The van der Waals surface area contributed by atoms with Crippen LogP contribution in [0.15, 0.2) is 30.3 Å². The van der Waals surface area contributed by atoms with Crippen molar-refractivity contribution in [1.29, 1.82) is 5.26 Å². The quantitative estimate of drug-likeness (QED) is 0.490. The van der Waals surface area contributed by atoms with E-state index in [0.29, 0.717) is 27.0 Å². The number of amides is 2. The number of aromatic amines is 1. The molecule has 2 aromatic heterocycles. The van der Waals surface area contributed by atoms with Crippen LogP contribution in [0.1, 0.15) is 29.3 Å². The van der Waals surface area contributed by atoms with E-state index in [9.17, 15) is 14.7 Å². The van der Waals surface area contributed by atoms with Gasteiger partial charge in [-0.15, -0.1) is 11.3 Å². The first kappa shape index (κ1) is 22.6. The van der Waals surface area contributed by atoms with E-state index in [1.165, 1.54) is 16.2 Å². The van der Waals surface area contributed by atoms with Gasteiger partial charge in [-0.05, 0) is 23.6 Å². The topological polar surface area (TPSA) is 109 Å². The number of nitrogens with one attached hydrogen (secondary N) is 2. The second-order valence-corrected chi connectivity index (χ2v) is 9.78. The van der Waals surface area contributed by atoms with E-state index >= 15 is 0 Å². The number of hydrogen-bond donors (Lipinski definition) is 3. The molecule has 0 aliphatic heterocycles. The van der Waals surface area contributed by atoms with Crippen LogP contribution >= 0.6 is 34.5 Å². The number of halogens is 2. The number of thiophene rings is 1. The molecule has 10 heteroatoms. The number of benzene rings is 1. The molecule has 1 aliphatic rings. The van der Waals surface area contributed by atoms with Gasteiger partial charge in [-0.2, -0.15) is 5.26 Å². The Morgan fingerprint density at radius 1 is 1.41 bits per heavy atom. The Morgan fingerprint density at radius 3 is 2.88 bits per heavy atom. The lowest BCUT2D eigenvalue weighted by Gasteiger charge is -2.32. The van der Waals surface area contributed by atoms with Gasteiger partial charge >= 0.3 is 0 Å². The lowest BCUT2D eigenvalue weighted by Crippen LogP contribution is -2.47. The van der Waals surface area contributed by atoms with Crippen LogP contribution in [-0.4, -0.2) is 46.0 Å². The van der Waals surface area contributed by atoms with E-state index in [1.54, 1.807) is 7.05 Å². The van der Waals surface area contributed by atoms with Gasteiger partial charge in [0.05, 0.1) is 46.2 Å². The molecule has 3 N–H and O–H groups in total. The number of nitriles is 1. The third-order valence-electron chi connectivity index (χ3n) is 5.66. The summed E-state index contributed by atoms with van der Waals surface area (Å²) in [6.45, 7) is 0. The SMILES string of the molecule is CN(C(=O)[C@@H](O)CC#N)[C@@H]1c2ccccc2C[C@H]1NC(=O)Cc1cc2sc(Cl)c(Cl)c2[nH]1. The van der Waals surface area contributed by atoms with Crippen LogP contribution in [0.25, 0.3) is 10.2 Å². The van der Waals surface area contributed by atoms with Gasteiger partial charge in [0.1, 0.15) is 10.4 Å². The van der Waals surface area contributed by atoms with Crippen LogP contribution in [0.2, 0.25) is 9.36 Å². The number of H-pyrrole nitrogens is 1. The molecule has 166 valence electrons. The molecule has 0 saturated carbocycles. The minimum atomic E-state index is -1.41. The maximum absolute atomic E-state index is 12.9. The Balaban J connectivity index is 1.52. The normalized spacial score (nSPS) is 18.2. The van der Waals surface area contributed by atoms with E-state index in [2.05, 4.69) is 10.3 Å². The zero-order valence-electron chi connectivity index (χ0n) is 17.1. The third-order valence-corrected chi connectivity index (χ3v) is 7.59. The first-order valence-corrected chi connectivity index (χ1v) is 11.5. The summed E-state index contributed by atoms with van der Waals surface area (Å²) in [5.41, 5.74) is 3.37. The molecule has 1 aliphatic carbocycles. The smallest absolute Gasteiger partial charge is 0.252 e. The molecule has 0 radical (unpaired) electrons. The van der Waals surface area contributed by atoms with Gasteiger partial charge in [-0.1, -0.05) is 47.5 Å². The maximum Gasteiger partial charge on any atom is 0.252 e. The second kappa shape index (κ2) is 9.12. The molecular formula is C22H20Cl2N4O3S. The molecule has 0 spiro atoms. The highest BCUT2D eigenvalue weighted by Crippen LogP contribution is 2.39. The van der Waals surface area contributed by atoms with Crippen molar-refractivity contribution >= 4 is 56.6 Å². The van der Waals surface area contributed by atoms with E-state index in [0.717, 1.165) is 15.8 Å². The van der Waals surface area contributed by atoms with Gasteiger partial charge in [0.2, 0.25) is 5.91 Å². The number of aliphatic hydroxyl groups is 1. The fraction of sp³-hybridized carbons (Fsp3) is 0.318. The van der Waals surface area contributed by atoms with E-state index in [1.807, 2.05) is 36.4 Å². The number of carbonyl (C=O) groups excluding carboxylic acids is 2. The molecule has 2 amide bonds. The maximum atomic E-state index is 12.9. The molecule has 4 rings (SSSR count). The van der Waals surface area contributed by atoms with Gasteiger partial charge in [0.25, 0.3) is 5.91 Å². The predicted molar refractivity (Wildman–Crippen MR) is 124 cm³/mol. The summed E-state index contributed by atoms with van der Waals surface area (Å²) in [7, 11) is 1.58. The Labute approximate surface area is 198 Å². The fourth-order valence-electron chi connectivity index (χ4n) is 4.23. The van der Waals surface area contributed by atoms with Gasteiger partial charge in [0, 0.05) is 12.7 Å². The Kier molecular flexibility index (Phi) is 6.45. The van der Waals surface area contributed by atoms with Crippen molar-refractivity contribution in [3.63, 3.8) is 0 Å². The number of aliphatic hydroxyl groups excluding tert-OH is 1. The molecule has 0 fully saturated rings. The third kappa shape index (κ3) is 4.21. The van der Waals surface area contributed by atoms with Crippen molar-refractivity contribution in [2.75, 3.05) is 7.05 Å². The number of carbonyl (C=O) groups is 2. The zero-order valence-corrected chi connectivity index (χ0v) is 19.4. The lowest BCUT2D eigenvalue weighted by atomic mass is 10.0. The number of nitrogens with zero attached hydrogens (tertiary/aromatic N) is 2. The largest absolute Gasteiger partial charge is 0.382 e. The highest BCUT2D eigenvalue weighted by Gasteiger charge is 2.39. The van der Waals surface area contributed by atoms with Crippen molar-refractivity contribution in [3.05, 3.63) is 56.5 Å². The van der Waals surface area contributed by atoms with Gasteiger partial charge in [-0.3, -0.25) is 9.59 Å². The van der Waals surface area contributed by atoms with Crippen molar-refractivity contribution in [2.24, 2.45) is 0 Å². The predicted octanol–water partition coefficient (Wildman–Crippen LogP) is 3.59. The summed E-state index contributed by atoms with van der Waals surface area (Å²) in [6, 6.07) is 10.5. The van der Waals surface area contributed by atoms with Crippen LogP contribution in [0, 0.1) is 11.3 Å². The Bertz CT molecular complexity index is 1230. The van der Waals surface area contributed by atoms with Crippen molar-refractivity contribution in [3.8, 4) is 6.07 Å². The first-order valence-electron chi connectivity index (χ1n) is 9.94. The molecule has 32 heavy (non-hydrogen) atoms. The standard InChI is InChI=1S/C22H20Cl2N4O3S/c1-28(22(31)15(29)6-7-25)20-13-5-3-2-4-11(13)8-14(20)27-17(30)10-12-9-16-19(26-12)18(23)21(24)32-16/h2-5,9,14-15,20,26,29H,6,8,10H2,1H3,(H,27,30)/t14-,15+,20-/m1/s1. The zero-order chi connectivity index (χ0) is 23.0. The number of rotatable bonds is 6. The van der Waals surface area contributed by atoms with Crippen molar-refractivity contribution < 1.29 is 14.7 Å². The molecule has 3 atom stereocenters. The Morgan fingerprint density at radius 2 is 2.16 bits per heavy atom. The molecule has 0 bridgehead atoms. The highest BCUT2D eigenvalue weighted by atomic mass is 35.5. The van der Waals surface area contributed by atoms with E-state index in [4.69, 9.17) is 28.5 Å². The van der Waals surface area contributed by atoms with Gasteiger partial charge in [0.15, 0.2) is 0 Å². The summed E-state index contributed by atoms with van der Waals surface area (Å²) >= 11 is 13.6. The minimum absolute atomic E-state index is 0.115. The highest BCUT2D eigenvalue weighted by molar-refractivity contribution is 7.23. The van der Waals surface area contributed by atoms with Gasteiger partial charge in [-0.25, -0.2) is 0 Å². The number of aromatic nitrogens is 1. The van der Waals surface area contributed by atoms with Crippen LogP contribution in [-0.2, 0) is 22.4 Å². The number of hydrogen-bond acceptors (Lipinski definition) is 5. The summed E-state index contributed by atoms with van der Waals surface area (Å²) in [5, 5.41) is 22.3. The summed E-state index contributed by atoms with van der Waals surface area (Å²) in [4.78, 5) is 30.1. The molecule has 0 unspecified atom stereocenters. The number of fused-ring (bicyclic) bond motifs is 2. The van der Waals surface area contributed by atoms with Crippen molar-refractivity contribution in [1.82, 2.24) is 15.2 Å². The average Bonchev–Trinajstić information content (AvgIpc) is 3.39. The summed E-state index contributed by atoms with van der Waals surface area (Å²) in [6.07, 6.45) is -1.02. The van der Waals surface area contributed by atoms with Crippen LogP contribution < -0.4 is 5.32 Å². The van der Waals surface area contributed by atoms with E-state index in [-0.39, 0.29) is 24.8 Å². The molecule has 0 saturated heterocycles. The van der Waals surface area contributed by atoms with E-state index < -0.39 is 18.1 Å². The molecular weight excluding hydrogens is 471 g/mol.